The molecule has 1 aliphatic heterocycles. The normalized spacial score (nSPS) is 35.5. The Kier molecular flexibility index (Phi) is 1.38. The molecule has 0 aromatic heterocycles. The van der Waals surface area contributed by atoms with Crippen LogP contribution in [-0.4, -0.2) is 16.4 Å². The van der Waals surface area contributed by atoms with Gasteiger partial charge in [-0.15, -0.1) is 0 Å². The van der Waals surface area contributed by atoms with Crippen molar-refractivity contribution in [3.8, 4) is 0 Å². The van der Waals surface area contributed by atoms with Crippen LogP contribution >= 0.6 is 0 Å². The van der Waals surface area contributed by atoms with E-state index in [9.17, 15) is 4.21 Å². The average Bonchev–Trinajstić information content (AvgIpc) is 1.82. The highest BCUT2D eigenvalue weighted by atomic mass is 32.2. The predicted octanol–water partition coefficient (Wildman–Crippen LogP) is -0.0365. The second kappa shape index (κ2) is 1.79. The monoisotopic (exact) mass is 135 g/mol. The lowest BCUT2D eigenvalue weighted by Gasteiger charge is -2.10. The summed E-state index contributed by atoms with van der Waals surface area (Å²) >= 11 is -1.24. The van der Waals surface area contributed by atoms with Crippen LogP contribution in [0.25, 0.3) is 0 Å². The SMILES string of the molecule is CC1(C)COS(=O)N1. The minimum Gasteiger partial charge on any atom is -0.276 e. The fraction of sp³-hybridized carbons (Fsp3) is 1.00. The molecule has 0 saturated carbocycles. The lowest BCUT2D eigenvalue weighted by atomic mass is 10.1. The van der Waals surface area contributed by atoms with Crippen LogP contribution in [0.1, 0.15) is 13.8 Å². The van der Waals surface area contributed by atoms with Crippen LogP contribution in [0, 0.1) is 0 Å². The third-order valence-corrected chi connectivity index (χ3v) is 1.94. The van der Waals surface area contributed by atoms with E-state index in [1.807, 2.05) is 13.8 Å². The van der Waals surface area contributed by atoms with E-state index in [4.69, 9.17) is 4.18 Å². The molecule has 0 aromatic carbocycles. The van der Waals surface area contributed by atoms with Gasteiger partial charge in [0.2, 0.25) is 11.3 Å². The van der Waals surface area contributed by atoms with Crippen molar-refractivity contribution in [3.63, 3.8) is 0 Å². The molecule has 1 rings (SSSR count). The second-order valence-electron chi connectivity index (χ2n) is 2.48. The molecule has 0 amide bonds. The third kappa shape index (κ3) is 1.27. The molecule has 0 aliphatic carbocycles. The Balaban J connectivity index is 2.56. The summed E-state index contributed by atoms with van der Waals surface area (Å²) in [7, 11) is 0. The van der Waals surface area contributed by atoms with Gasteiger partial charge in [-0.3, -0.25) is 4.18 Å². The van der Waals surface area contributed by atoms with Gasteiger partial charge in [0.15, 0.2) is 0 Å². The summed E-state index contributed by atoms with van der Waals surface area (Å²) in [5, 5.41) is 0. The number of rotatable bonds is 0. The Hall–Kier alpha value is 0.0700. The molecule has 0 aromatic rings. The van der Waals surface area contributed by atoms with Gasteiger partial charge in [-0.05, 0) is 13.8 Å². The van der Waals surface area contributed by atoms with Gasteiger partial charge in [0.1, 0.15) is 0 Å². The van der Waals surface area contributed by atoms with E-state index in [1.165, 1.54) is 0 Å². The summed E-state index contributed by atoms with van der Waals surface area (Å²) in [5.74, 6) is 0. The molecule has 1 unspecified atom stereocenters. The zero-order valence-electron chi connectivity index (χ0n) is 4.93. The van der Waals surface area contributed by atoms with Crippen molar-refractivity contribution < 1.29 is 8.39 Å². The Morgan fingerprint density at radius 3 is 2.50 bits per heavy atom. The van der Waals surface area contributed by atoms with Gasteiger partial charge >= 0.3 is 0 Å². The zero-order valence-corrected chi connectivity index (χ0v) is 5.75. The fourth-order valence-electron chi connectivity index (χ4n) is 0.485. The predicted molar refractivity (Wildman–Crippen MR) is 31.3 cm³/mol. The first-order chi connectivity index (χ1) is 3.60. The third-order valence-electron chi connectivity index (χ3n) is 0.886. The first-order valence-corrected chi connectivity index (χ1v) is 3.50. The van der Waals surface area contributed by atoms with Crippen LogP contribution in [0.15, 0.2) is 0 Å². The highest BCUT2D eigenvalue weighted by molar-refractivity contribution is 7.78. The first-order valence-electron chi connectivity index (χ1n) is 2.43. The molecule has 1 saturated heterocycles. The van der Waals surface area contributed by atoms with E-state index in [-0.39, 0.29) is 5.54 Å². The summed E-state index contributed by atoms with van der Waals surface area (Å²) in [6, 6.07) is 0. The van der Waals surface area contributed by atoms with E-state index in [0.717, 1.165) is 0 Å². The highest BCUT2D eigenvalue weighted by Gasteiger charge is 2.28. The topological polar surface area (TPSA) is 38.3 Å². The summed E-state index contributed by atoms with van der Waals surface area (Å²) in [6.45, 7) is 4.41. The average molecular weight is 135 g/mol. The summed E-state index contributed by atoms with van der Waals surface area (Å²) in [5.41, 5.74) is -0.106. The van der Waals surface area contributed by atoms with Gasteiger partial charge in [0.25, 0.3) is 0 Å². The van der Waals surface area contributed by atoms with Crippen LogP contribution in [0.3, 0.4) is 0 Å². The molecular weight excluding hydrogens is 126 g/mol. The zero-order chi connectivity index (χ0) is 6.20. The fourth-order valence-corrected chi connectivity index (χ4v) is 1.46. The molecule has 1 aliphatic rings. The molecule has 1 N–H and O–H groups in total. The number of hydrogen-bond acceptors (Lipinski definition) is 2. The van der Waals surface area contributed by atoms with Crippen LogP contribution in [0.4, 0.5) is 0 Å². The molecule has 4 heteroatoms. The summed E-state index contributed by atoms with van der Waals surface area (Å²) < 4.78 is 17.9. The molecule has 1 heterocycles. The maximum Gasteiger partial charge on any atom is 0.235 e. The molecular formula is C4H9NO2S. The Morgan fingerprint density at radius 2 is 2.38 bits per heavy atom. The molecule has 0 bridgehead atoms. The summed E-state index contributed by atoms with van der Waals surface area (Å²) in [4.78, 5) is 0. The minimum atomic E-state index is -1.24. The van der Waals surface area contributed by atoms with Crippen LogP contribution < -0.4 is 4.72 Å². The van der Waals surface area contributed by atoms with E-state index in [1.54, 1.807) is 0 Å². The largest absolute Gasteiger partial charge is 0.276 e. The van der Waals surface area contributed by atoms with Crippen molar-refractivity contribution in [1.29, 1.82) is 0 Å². The van der Waals surface area contributed by atoms with Crippen molar-refractivity contribution in [2.45, 2.75) is 19.4 Å². The molecule has 48 valence electrons. The standard InChI is InChI=1S/C4H9NO2S/c1-4(2)3-7-8(6)5-4/h5H,3H2,1-2H3. The van der Waals surface area contributed by atoms with Crippen LogP contribution in [-0.2, 0) is 15.4 Å². The van der Waals surface area contributed by atoms with Crippen LogP contribution in [0.2, 0.25) is 0 Å². The maximum atomic E-state index is 10.4. The van der Waals surface area contributed by atoms with E-state index in [2.05, 4.69) is 4.72 Å². The Bertz CT molecular complexity index is 123. The molecule has 8 heavy (non-hydrogen) atoms. The van der Waals surface area contributed by atoms with Gasteiger partial charge in [-0.1, -0.05) is 0 Å². The second-order valence-corrected chi connectivity index (χ2v) is 3.39. The van der Waals surface area contributed by atoms with Gasteiger partial charge in [0.05, 0.1) is 12.1 Å². The number of nitrogens with one attached hydrogen (secondary N) is 1. The number of hydrogen-bond donors (Lipinski definition) is 1. The molecule has 0 spiro atoms. The van der Waals surface area contributed by atoms with Crippen molar-refractivity contribution in [2.75, 3.05) is 6.61 Å². The smallest absolute Gasteiger partial charge is 0.235 e. The van der Waals surface area contributed by atoms with E-state index in [0.29, 0.717) is 6.61 Å². The highest BCUT2D eigenvalue weighted by Crippen LogP contribution is 2.10. The molecule has 0 radical (unpaired) electrons. The minimum absolute atomic E-state index is 0.106. The van der Waals surface area contributed by atoms with Gasteiger partial charge in [-0.25, -0.2) is 8.93 Å². The Morgan fingerprint density at radius 1 is 1.75 bits per heavy atom. The van der Waals surface area contributed by atoms with Crippen molar-refractivity contribution in [2.24, 2.45) is 0 Å². The maximum absolute atomic E-state index is 10.4. The van der Waals surface area contributed by atoms with Crippen molar-refractivity contribution in [1.82, 2.24) is 4.72 Å². The molecule has 3 nitrogen and oxygen atoms in total. The van der Waals surface area contributed by atoms with Gasteiger partial charge in [0, 0.05) is 0 Å². The lowest BCUT2D eigenvalue weighted by molar-refractivity contribution is 0.307. The van der Waals surface area contributed by atoms with E-state index >= 15 is 0 Å². The quantitative estimate of drug-likeness (QED) is 0.506. The van der Waals surface area contributed by atoms with Crippen LogP contribution in [0.5, 0.6) is 0 Å². The van der Waals surface area contributed by atoms with Crippen molar-refractivity contribution in [3.05, 3.63) is 0 Å². The Labute approximate surface area is 51.2 Å². The lowest BCUT2D eigenvalue weighted by Crippen LogP contribution is -2.34. The van der Waals surface area contributed by atoms with Crippen molar-refractivity contribution >= 4 is 11.3 Å². The van der Waals surface area contributed by atoms with Gasteiger partial charge < -0.3 is 0 Å². The molecule has 1 fully saturated rings. The summed E-state index contributed by atoms with van der Waals surface area (Å²) in [6.07, 6.45) is 0. The van der Waals surface area contributed by atoms with E-state index < -0.39 is 11.3 Å². The van der Waals surface area contributed by atoms with Gasteiger partial charge in [-0.2, -0.15) is 0 Å². The molecule has 1 atom stereocenters. The first kappa shape index (κ1) is 6.19.